The predicted molar refractivity (Wildman–Crippen MR) is 144 cm³/mol. The van der Waals surface area contributed by atoms with E-state index >= 15 is 0 Å². The molecular weight excluding hydrogens is 520 g/mol. The highest BCUT2D eigenvalue weighted by Gasteiger charge is 2.24. The number of carbonyl (C=O) groups is 2. The molecular formula is C28H25BrN4O3. The first-order valence-electron chi connectivity index (χ1n) is 11.7. The molecule has 4 aromatic rings. The molecule has 36 heavy (non-hydrogen) atoms. The van der Waals surface area contributed by atoms with E-state index in [1.54, 1.807) is 42.6 Å². The molecule has 0 saturated carbocycles. The second kappa shape index (κ2) is 10.4. The van der Waals surface area contributed by atoms with Crippen LogP contribution in [0, 0.1) is 0 Å². The summed E-state index contributed by atoms with van der Waals surface area (Å²) in [7, 11) is 0. The SMILES string of the molecule is Nc1nccc2ccc(OC(C(=O)Nc3ccc(C(=O)N4CCCC4)cc3)c3ccc(Br)cc3)cc12. The van der Waals surface area contributed by atoms with E-state index in [2.05, 4.69) is 26.2 Å². The maximum absolute atomic E-state index is 13.4. The fraction of sp³-hybridized carbons (Fsp3) is 0.179. The third-order valence-electron chi connectivity index (χ3n) is 6.23. The minimum absolute atomic E-state index is 0.0199. The van der Waals surface area contributed by atoms with E-state index in [1.165, 1.54) is 0 Å². The molecule has 3 N–H and O–H groups in total. The molecule has 8 heteroatoms. The third kappa shape index (κ3) is 5.18. The normalized spacial score (nSPS) is 14.0. The Bertz CT molecular complexity index is 1400. The average molecular weight is 545 g/mol. The number of amides is 2. The molecule has 1 saturated heterocycles. The highest BCUT2D eigenvalue weighted by molar-refractivity contribution is 9.10. The zero-order chi connectivity index (χ0) is 25.1. The maximum Gasteiger partial charge on any atom is 0.270 e. The van der Waals surface area contributed by atoms with Crippen LogP contribution >= 0.6 is 15.9 Å². The molecule has 2 amide bonds. The number of hydrogen-bond acceptors (Lipinski definition) is 5. The van der Waals surface area contributed by atoms with Crippen LogP contribution in [-0.4, -0.2) is 34.8 Å². The van der Waals surface area contributed by atoms with Crippen LogP contribution in [0.1, 0.15) is 34.9 Å². The molecule has 0 radical (unpaired) electrons. The summed E-state index contributed by atoms with van der Waals surface area (Å²) >= 11 is 3.44. The number of rotatable bonds is 6. The van der Waals surface area contributed by atoms with Gasteiger partial charge in [-0.2, -0.15) is 0 Å². The molecule has 1 unspecified atom stereocenters. The van der Waals surface area contributed by atoms with Gasteiger partial charge in [-0.15, -0.1) is 0 Å². The summed E-state index contributed by atoms with van der Waals surface area (Å²) in [6, 6.07) is 21.7. The van der Waals surface area contributed by atoms with Gasteiger partial charge >= 0.3 is 0 Å². The van der Waals surface area contributed by atoms with E-state index in [9.17, 15) is 9.59 Å². The van der Waals surface area contributed by atoms with Gasteiger partial charge in [-0.25, -0.2) is 4.98 Å². The Morgan fingerprint density at radius 2 is 1.69 bits per heavy atom. The number of nitrogen functional groups attached to an aromatic ring is 1. The molecule has 3 aromatic carbocycles. The van der Waals surface area contributed by atoms with Crippen LogP contribution in [0.4, 0.5) is 11.5 Å². The topological polar surface area (TPSA) is 97.5 Å². The number of carbonyl (C=O) groups excluding carboxylic acids is 2. The zero-order valence-corrected chi connectivity index (χ0v) is 21.1. The number of benzene rings is 3. The first kappa shape index (κ1) is 23.8. The maximum atomic E-state index is 13.4. The largest absolute Gasteiger partial charge is 0.476 e. The number of nitrogens with two attached hydrogens (primary N) is 1. The summed E-state index contributed by atoms with van der Waals surface area (Å²) in [5.74, 6) is 0.574. The standard InChI is InChI=1S/C28H25BrN4O3/c29-21-8-3-19(4-9-21)25(36-23-12-7-18-13-14-31-26(30)24(18)17-23)27(34)32-22-10-5-20(6-11-22)28(35)33-15-1-2-16-33/h3-14,17,25H,1-2,15-16H2,(H2,30,31)(H,32,34). The van der Waals surface area contributed by atoms with E-state index in [0.717, 1.165) is 41.2 Å². The fourth-order valence-corrected chi connectivity index (χ4v) is 4.56. The van der Waals surface area contributed by atoms with Gasteiger partial charge in [0.1, 0.15) is 11.6 Å². The number of likely N-dealkylation sites (tertiary alicyclic amines) is 1. The van der Waals surface area contributed by atoms with Crippen molar-refractivity contribution in [3.63, 3.8) is 0 Å². The summed E-state index contributed by atoms with van der Waals surface area (Å²) in [5.41, 5.74) is 7.92. The van der Waals surface area contributed by atoms with Gasteiger partial charge in [-0.05, 0) is 72.8 Å². The Labute approximate surface area is 217 Å². The van der Waals surface area contributed by atoms with Crippen LogP contribution in [0.2, 0.25) is 0 Å². The van der Waals surface area contributed by atoms with Crippen molar-refractivity contribution in [2.24, 2.45) is 0 Å². The molecule has 0 bridgehead atoms. The number of anilines is 2. The number of aromatic nitrogens is 1. The van der Waals surface area contributed by atoms with Gasteiger partial charge in [-0.1, -0.05) is 34.1 Å². The minimum atomic E-state index is -0.917. The molecule has 7 nitrogen and oxygen atoms in total. The van der Waals surface area contributed by atoms with Crippen molar-refractivity contribution in [1.29, 1.82) is 0 Å². The molecule has 1 atom stereocenters. The Morgan fingerprint density at radius 1 is 0.972 bits per heavy atom. The number of nitrogens with zero attached hydrogens (tertiary/aromatic N) is 2. The Hall–Kier alpha value is -3.91. The van der Waals surface area contributed by atoms with Crippen molar-refractivity contribution in [3.05, 3.63) is 94.6 Å². The molecule has 0 spiro atoms. The Kier molecular flexibility index (Phi) is 6.86. The lowest BCUT2D eigenvalue weighted by atomic mass is 10.1. The van der Waals surface area contributed by atoms with Crippen molar-refractivity contribution >= 4 is 50.0 Å². The van der Waals surface area contributed by atoms with Crippen molar-refractivity contribution in [1.82, 2.24) is 9.88 Å². The highest BCUT2D eigenvalue weighted by atomic mass is 79.9. The summed E-state index contributed by atoms with van der Waals surface area (Å²) in [5, 5.41) is 4.61. The van der Waals surface area contributed by atoms with Crippen LogP contribution in [0.25, 0.3) is 10.8 Å². The fourth-order valence-electron chi connectivity index (χ4n) is 4.30. The van der Waals surface area contributed by atoms with Crippen molar-refractivity contribution < 1.29 is 14.3 Å². The Morgan fingerprint density at radius 3 is 2.42 bits per heavy atom. The number of nitrogens with one attached hydrogen (secondary N) is 1. The average Bonchev–Trinajstić information content (AvgIpc) is 3.43. The van der Waals surface area contributed by atoms with E-state index in [1.807, 2.05) is 41.3 Å². The molecule has 5 rings (SSSR count). The van der Waals surface area contributed by atoms with Gasteiger partial charge in [-0.3, -0.25) is 9.59 Å². The van der Waals surface area contributed by atoms with Gasteiger partial charge in [0.2, 0.25) is 6.10 Å². The first-order valence-corrected chi connectivity index (χ1v) is 12.5. The Balaban J connectivity index is 1.38. The highest BCUT2D eigenvalue weighted by Crippen LogP contribution is 2.29. The summed E-state index contributed by atoms with van der Waals surface area (Å²) in [4.78, 5) is 32.0. The van der Waals surface area contributed by atoms with Crippen LogP contribution in [0.5, 0.6) is 5.75 Å². The first-order chi connectivity index (χ1) is 17.5. The molecule has 2 heterocycles. The molecule has 1 fully saturated rings. The monoisotopic (exact) mass is 544 g/mol. The van der Waals surface area contributed by atoms with Crippen LogP contribution in [0.15, 0.2) is 83.5 Å². The van der Waals surface area contributed by atoms with Gasteiger partial charge < -0.3 is 20.7 Å². The van der Waals surface area contributed by atoms with Crippen molar-refractivity contribution in [3.8, 4) is 5.75 Å². The molecule has 1 aliphatic heterocycles. The minimum Gasteiger partial charge on any atom is -0.476 e. The van der Waals surface area contributed by atoms with Crippen LogP contribution < -0.4 is 15.8 Å². The van der Waals surface area contributed by atoms with E-state index < -0.39 is 6.10 Å². The molecule has 1 aliphatic rings. The third-order valence-corrected chi connectivity index (χ3v) is 6.75. The zero-order valence-electron chi connectivity index (χ0n) is 19.5. The number of hydrogen-bond donors (Lipinski definition) is 2. The van der Waals surface area contributed by atoms with E-state index in [-0.39, 0.29) is 11.8 Å². The number of halogens is 1. The number of fused-ring (bicyclic) bond motifs is 1. The van der Waals surface area contributed by atoms with Crippen molar-refractivity contribution in [2.45, 2.75) is 18.9 Å². The summed E-state index contributed by atoms with van der Waals surface area (Å²) in [6.45, 7) is 1.58. The molecule has 0 aliphatic carbocycles. The van der Waals surface area contributed by atoms with Gasteiger partial charge in [0.05, 0.1) is 0 Å². The second-order valence-electron chi connectivity index (χ2n) is 8.69. The predicted octanol–water partition coefficient (Wildman–Crippen LogP) is 5.57. The quantitative estimate of drug-likeness (QED) is 0.330. The van der Waals surface area contributed by atoms with Gasteiger partial charge in [0.15, 0.2) is 0 Å². The lowest BCUT2D eigenvalue weighted by Crippen LogP contribution is -2.27. The smallest absolute Gasteiger partial charge is 0.270 e. The summed E-state index contributed by atoms with van der Waals surface area (Å²) in [6.07, 6.45) is 2.81. The van der Waals surface area contributed by atoms with Gasteiger partial charge in [0.25, 0.3) is 11.8 Å². The van der Waals surface area contributed by atoms with E-state index in [4.69, 9.17) is 10.5 Å². The molecule has 1 aromatic heterocycles. The lowest BCUT2D eigenvalue weighted by molar-refractivity contribution is -0.123. The number of pyridine rings is 1. The summed E-state index contributed by atoms with van der Waals surface area (Å²) < 4.78 is 7.09. The van der Waals surface area contributed by atoms with Crippen LogP contribution in [-0.2, 0) is 4.79 Å². The van der Waals surface area contributed by atoms with Crippen molar-refractivity contribution in [2.75, 3.05) is 24.1 Å². The second-order valence-corrected chi connectivity index (χ2v) is 9.61. The molecule has 182 valence electrons. The van der Waals surface area contributed by atoms with Crippen LogP contribution in [0.3, 0.4) is 0 Å². The lowest BCUT2D eigenvalue weighted by Gasteiger charge is -2.20. The van der Waals surface area contributed by atoms with E-state index in [0.29, 0.717) is 28.4 Å². The van der Waals surface area contributed by atoms with Gasteiger partial charge in [0, 0.05) is 46.0 Å². The number of ether oxygens (including phenoxy) is 1.